The van der Waals surface area contributed by atoms with Crippen LogP contribution in [0.25, 0.3) is 0 Å². The van der Waals surface area contributed by atoms with E-state index in [-0.39, 0.29) is 5.91 Å². The molecule has 22 heavy (non-hydrogen) atoms. The van der Waals surface area contributed by atoms with Crippen LogP contribution in [0, 0.1) is 0 Å². The number of rotatable bonds is 3. The van der Waals surface area contributed by atoms with Crippen LogP contribution in [0.15, 0.2) is 41.8 Å². The number of ether oxygens (including phenoxy) is 1. The monoisotopic (exact) mass is 335 g/mol. The minimum Gasteiger partial charge on any atom is -0.423 e. The van der Waals surface area contributed by atoms with Gasteiger partial charge >= 0.3 is 5.97 Å². The molecule has 2 heterocycles. The fourth-order valence-corrected chi connectivity index (χ4v) is 3.35. The van der Waals surface area contributed by atoms with Crippen LogP contribution in [-0.2, 0) is 4.79 Å². The van der Waals surface area contributed by atoms with Gasteiger partial charge in [0.05, 0.1) is 9.90 Å². The molecule has 0 saturated carbocycles. The number of amides is 1. The normalized spacial score (nSPS) is 17.5. The Morgan fingerprint density at radius 1 is 1.23 bits per heavy atom. The lowest BCUT2D eigenvalue weighted by Gasteiger charge is -2.22. The average molecular weight is 336 g/mol. The number of benzene rings is 1. The molecule has 0 radical (unpaired) electrons. The third kappa shape index (κ3) is 3.00. The Bertz CT molecular complexity index is 686. The highest BCUT2D eigenvalue weighted by molar-refractivity contribution is 7.12. The van der Waals surface area contributed by atoms with E-state index in [1.807, 2.05) is 11.4 Å². The van der Waals surface area contributed by atoms with Crippen molar-refractivity contribution in [3.05, 3.63) is 51.7 Å². The summed E-state index contributed by atoms with van der Waals surface area (Å²) in [6.07, 6.45) is 1.40. The molecule has 3 rings (SSSR count). The highest BCUT2D eigenvalue weighted by Gasteiger charge is 2.36. The van der Waals surface area contributed by atoms with E-state index in [2.05, 4.69) is 0 Å². The van der Waals surface area contributed by atoms with Crippen molar-refractivity contribution in [3.8, 4) is 5.75 Å². The van der Waals surface area contributed by atoms with Gasteiger partial charge in [0.1, 0.15) is 11.8 Å². The van der Waals surface area contributed by atoms with Gasteiger partial charge in [-0.25, -0.2) is 4.79 Å². The van der Waals surface area contributed by atoms with Gasteiger partial charge in [0.2, 0.25) is 0 Å². The lowest BCUT2D eigenvalue weighted by Crippen LogP contribution is -2.42. The van der Waals surface area contributed by atoms with E-state index in [4.69, 9.17) is 16.3 Å². The van der Waals surface area contributed by atoms with Crippen LogP contribution in [-0.4, -0.2) is 29.4 Å². The second kappa shape index (κ2) is 6.50. The highest BCUT2D eigenvalue weighted by atomic mass is 35.5. The first-order chi connectivity index (χ1) is 10.7. The highest BCUT2D eigenvalue weighted by Crippen LogP contribution is 2.27. The SMILES string of the molecule is O=C(Oc1ccccc1Cl)C1CCCN1C(=O)c1cccs1. The number of esters is 1. The summed E-state index contributed by atoms with van der Waals surface area (Å²) >= 11 is 7.37. The molecule has 1 unspecified atom stereocenters. The topological polar surface area (TPSA) is 46.6 Å². The molecular formula is C16H14ClNO3S. The molecule has 0 bridgehead atoms. The van der Waals surface area contributed by atoms with Crippen LogP contribution < -0.4 is 4.74 Å². The molecule has 4 nitrogen and oxygen atoms in total. The van der Waals surface area contributed by atoms with Gasteiger partial charge in [-0.1, -0.05) is 29.8 Å². The van der Waals surface area contributed by atoms with Crippen LogP contribution in [0.2, 0.25) is 5.02 Å². The Morgan fingerprint density at radius 3 is 2.77 bits per heavy atom. The Kier molecular flexibility index (Phi) is 4.45. The summed E-state index contributed by atoms with van der Waals surface area (Å²) in [6.45, 7) is 0.568. The summed E-state index contributed by atoms with van der Waals surface area (Å²) in [6, 6.07) is 9.85. The molecule has 6 heteroatoms. The number of halogens is 1. The van der Waals surface area contributed by atoms with Crippen molar-refractivity contribution >= 4 is 34.8 Å². The van der Waals surface area contributed by atoms with Gasteiger partial charge in [-0.3, -0.25) is 4.79 Å². The number of hydrogen-bond donors (Lipinski definition) is 0. The smallest absolute Gasteiger partial charge is 0.334 e. The summed E-state index contributed by atoms with van der Waals surface area (Å²) in [5.74, 6) is -0.228. The maximum atomic E-state index is 12.4. The van der Waals surface area contributed by atoms with E-state index in [0.29, 0.717) is 28.6 Å². The van der Waals surface area contributed by atoms with Gasteiger partial charge in [-0.2, -0.15) is 0 Å². The number of para-hydroxylation sites is 1. The Morgan fingerprint density at radius 2 is 2.05 bits per heavy atom. The number of likely N-dealkylation sites (tertiary alicyclic amines) is 1. The second-order valence-corrected chi connectivity index (χ2v) is 6.34. The van der Waals surface area contributed by atoms with Crippen molar-refractivity contribution in [3.63, 3.8) is 0 Å². The van der Waals surface area contributed by atoms with E-state index >= 15 is 0 Å². The molecular weight excluding hydrogens is 322 g/mol. The van der Waals surface area contributed by atoms with Crippen molar-refractivity contribution in [1.29, 1.82) is 0 Å². The van der Waals surface area contributed by atoms with E-state index in [1.165, 1.54) is 11.3 Å². The van der Waals surface area contributed by atoms with Crippen molar-refractivity contribution in [1.82, 2.24) is 4.90 Å². The minimum absolute atomic E-state index is 0.117. The lowest BCUT2D eigenvalue weighted by atomic mass is 10.2. The summed E-state index contributed by atoms with van der Waals surface area (Å²) in [5.41, 5.74) is 0. The fourth-order valence-electron chi connectivity index (χ4n) is 2.50. The first kappa shape index (κ1) is 15.1. The van der Waals surface area contributed by atoms with Gasteiger partial charge in [-0.15, -0.1) is 11.3 Å². The Labute approximate surface area is 137 Å². The number of carbonyl (C=O) groups is 2. The van der Waals surface area contributed by atoms with Crippen LogP contribution in [0.3, 0.4) is 0 Å². The zero-order chi connectivity index (χ0) is 15.5. The van der Waals surface area contributed by atoms with Gasteiger partial charge in [0.25, 0.3) is 5.91 Å². The zero-order valence-electron chi connectivity index (χ0n) is 11.7. The predicted molar refractivity (Wildman–Crippen MR) is 85.5 cm³/mol. The molecule has 1 aromatic carbocycles. The van der Waals surface area contributed by atoms with Crippen molar-refractivity contribution < 1.29 is 14.3 Å². The molecule has 1 aliphatic heterocycles. The number of carbonyl (C=O) groups excluding carboxylic acids is 2. The number of hydrogen-bond acceptors (Lipinski definition) is 4. The summed E-state index contributed by atoms with van der Waals surface area (Å²) in [5, 5.41) is 2.23. The molecule has 0 aliphatic carbocycles. The predicted octanol–water partition coefficient (Wildman–Crippen LogP) is 3.61. The van der Waals surface area contributed by atoms with Crippen LogP contribution in [0.1, 0.15) is 22.5 Å². The van der Waals surface area contributed by atoms with Crippen molar-refractivity contribution in [2.75, 3.05) is 6.54 Å². The number of thiophene rings is 1. The average Bonchev–Trinajstić information content (AvgIpc) is 3.20. The first-order valence-corrected chi connectivity index (χ1v) is 8.23. The largest absolute Gasteiger partial charge is 0.423 e. The summed E-state index contributed by atoms with van der Waals surface area (Å²) in [4.78, 5) is 27.0. The van der Waals surface area contributed by atoms with Gasteiger partial charge < -0.3 is 9.64 Å². The van der Waals surface area contributed by atoms with E-state index in [9.17, 15) is 9.59 Å². The van der Waals surface area contributed by atoms with Gasteiger partial charge in [0, 0.05) is 6.54 Å². The van der Waals surface area contributed by atoms with Gasteiger partial charge in [-0.05, 0) is 36.4 Å². The van der Waals surface area contributed by atoms with E-state index in [0.717, 1.165) is 6.42 Å². The molecule has 114 valence electrons. The maximum Gasteiger partial charge on any atom is 0.334 e. The molecule has 1 aliphatic rings. The van der Waals surface area contributed by atoms with Crippen LogP contribution in [0.4, 0.5) is 0 Å². The molecule has 1 saturated heterocycles. The van der Waals surface area contributed by atoms with Crippen molar-refractivity contribution in [2.45, 2.75) is 18.9 Å². The summed E-state index contributed by atoms with van der Waals surface area (Å²) < 4.78 is 5.37. The quantitative estimate of drug-likeness (QED) is 0.636. The minimum atomic E-state index is -0.550. The van der Waals surface area contributed by atoms with E-state index < -0.39 is 12.0 Å². The number of nitrogens with zero attached hydrogens (tertiary/aromatic N) is 1. The summed E-state index contributed by atoms with van der Waals surface area (Å²) in [7, 11) is 0. The molecule has 0 N–H and O–H groups in total. The molecule has 1 atom stereocenters. The van der Waals surface area contributed by atoms with E-state index in [1.54, 1.807) is 35.2 Å². The molecule has 0 spiro atoms. The molecule has 2 aromatic rings. The van der Waals surface area contributed by atoms with Gasteiger partial charge in [0.15, 0.2) is 0 Å². The maximum absolute atomic E-state index is 12.4. The standard InChI is InChI=1S/C16H14ClNO3S/c17-11-5-1-2-7-13(11)21-16(20)12-6-3-9-18(12)15(19)14-8-4-10-22-14/h1-2,4-5,7-8,10,12H,3,6,9H2. The molecule has 1 aromatic heterocycles. The molecule has 1 fully saturated rings. The van der Waals surface area contributed by atoms with Crippen molar-refractivity contribution in [2.24, 2.45) is 0 Å². The second-order valence-electron chi connectivity index (χ2n) is 4.99. The Balaban J connectivity index is 1.74. The fraction of sp³-hybridized carbons (Fsp3) is 0.250. The lowest BCUT2D eigenvalue weighted by molar-refractivity contribution is -0.138. The zero-order valence-corrected chi connectivity index (χ0v) is 13.3. The third-order valence-corrected chi connectivity index (χ3v) is 4.74. The molecule has 1 amide bonds. The third-order valence-electron chi connectivity index (χ3n) is 3.56. The first-order valence-electron chi connectivity index (χ1n) is 6.97. The van der Waals surface area contributed by atoms with Crippen LogP contribution >= 0.6 is 22.9 Å². The Hall–Kier alpha value is -1.85. The van der Waals surface area contributed by atoms with Crippen LogP contribution in [0.5, 0.6) is 5.75 Å².